The SMILES string of the molecule is CC(=O)c1c(C)[nH]c(C(=O)OCC(=O)Nc2sc3c(c2C#N)CCC3)c1C. The predicted molar refractivity (Wildman–Crippen MR) is 100 cm³/mol. The third kappa shape index (κ3) is 3.51. The number of H-pyrrole nitrogens is 1. The zero-order valence-corrected chi connectivity index (χ0v) is 16.1. The second-order valence-corrected chi connectivity index (χ2v) is 7.58. The van der Waals surface area contributed by atoms with Crippen LogP contribution in [-0.4, -0.2) is 29.3 Å². The minimum Gasteiger partial charge on any atom is -0.451 e. The third-order valence-electron chi connectivity index (χ3n) is 4.61. The van der Waals surface area contributed by atoms with E-state index in [1.54, 1.807) is 13.8 Å². The topological polar surface area (TPSA) is 112 Å². The lowest BCUT2D eigenvalue weighted by atomic mass is 10.1. The summed E-state index contributed by atoms with van der Waals surface area (Å²) in [7, 11) is 0. The number of fused-ring (bicyclic) bond motifs is 1. The number of amides is 1. The van der Waals surface area contributed by atoms with Gasteiger partial charge >= 0.3 is 5.97 Å². The molecule has 2 aromatic rings. The first-order valence-electron chi connectivity index (χ1n) is 8.55. The van der Waals surface area contributed by atoms with Crippen LogP contribution in [0, 0.1) is 25.2 Å². The Hall–Kier alpha value is -2.92. The summed E-state index contributed by atoms with van der Waals surface area (Å²) in [5.74, 6) is -1.35. The molecule has 1 amide bonds. The van der Waals surface area contributed by atoms with Crippen molar-refractivity contribution in [2.24, 2.45) is 0 Å². The van der Waals surface area contributed by atoms with Gasteiger partial charge in [0.25, 0.3) is 5.91 Å². The number of rotatable bonds is 5. The van der Waals surface area contributed by atoms with Gasteiger partial charge in [-0.05, 0) is 51.2 Å². The van der Waals surface area contributed by atoms with Crippen molar-refractivity contribution in [2.75, 3.05) is 11.9 Å². The van der Waals surface area contributed by atoms with Crippen molar-refractivity contribution in [3.05, 3.63) is 38.5 Å². The van der Waals surface area contributed by atoms with Gasteiger partial charge in [0.05, 0.1) is 5.56 Å². The van der Waals surface area contributed by atoms with Crippen LogP contribution >= 0.6 is 11.3 Å². The maximum atomic E-state index is 12.3. The van der Waals surface area contributed by atoms with Gasteiger partial charge in [-0.1, -0.05) is 0 Å². The molecule has 0 radical (unpaired) electrons. The molecule has 2 heterocycles. The Morgan fingerprint density at radius 2 is 2.04 bits per heavy atom. The number of nitrogens with zero attached hydrogens (tertiary/aromatic N) is 1. The molecule has 0 saturated heterocycles. The number of nitriles is 1. The number of aryl methyl sites for hydroxylation is 2. The highest BCUT2D eigenvalue weighted by atomic mass is 32.1. The molecular weight excluding hydrogens is 366 g/mol. The van der Waals surface area contributed by atoms with Crippen LogP contribution in [0.15, 0.2) is 0 Å². The van der Waals surface area contributed by atoms with Crippen LogP contribution < -0.4 is 5.32 Å². The number of carbonyl (C=O) groups excluding carboxylic acids is 3. The molecule has 8 heteroatoms. The standard InChI is InChI=1S/C19H19N3O4S/c1-9-16(11(3)23)10(2)21-17(9)19(25)26-8-15(24)22-18-13(7-20)12-5-4-6-14(12)27-18/h21H,4-6,8H2,1-3H3,(H,22,24). The maximum absolute atomic E-state index is 12.3. The fourth-order valence-corrected chi connectivity index (χ4v) is 4.71. The van der Waals surface area contributed by atoms with Crippen LogP contribution in [0.25, 0.3) is 0 Å². The molecule has 0 bridgehead atoms. The summed E-state index contributed by atoms with van der Waals surface area (Å²) in [5.41, 5.74) is 3.24. The Labute approximate surface area is 160 Å². The van der Waals surface area contributed by atoms with E-state index >= 15 is 0 Å². The summed E-state index contributed by atoms with van der Waals surface area (Å²) in [4.78, 5) is 40.0. The molecule has 0 atom stereocenters. The predicted octanol–water partition coefficient (Wildman–Crippen LogP) is 3.05. The number of nitrogens with one attached hydrogen (secondary N) is 2. The van der Waals surface area contributed by atoms with Gasteiger partial charge in [0, 0.05) is 16.1 Å². The fourth-order valence-electron chi connectivity index (χ4n) is 3.46. The summed E-state index contributed by atoms with van der Waals surface area (Å²) >= 11 is 1.40. The van der Waals surface area contributed by atoms with E-state index in [9.17, 15) is 19.6 Å². The number of aromatic nitrogens is 1. The van der Waals surface area contributed by atoms with Crippen molar-refractivity contribution < 1.29 is 19.1 Å². The van der Waals surface area contributed by atoms with E-state index in [2.05, 4.69) is 16.4 Å². The van der Waals surface area contributed by atoms with Crippen molar-refractivity contribution in [2.45, 2.75) is 40.0 Å². The van der Waals surface area contributed by atoms with Crippen LogP contribution in [0.3, 0.4) is 0 Å². The third-order valence-corrected chi connectivity index (χ3v) is 5.82. The number of hydrogen-bond acceptors (Lipinski definition) is 6. The Kier molecular flexibility index (Phi) is 5.15. The van der Waals surface area contributed by atoms with Crippen molar-refractivity contribution in [3.63, 3.8) is 0 Å². The summed E-state index contributed by atoms with van der Waals surface area (Å²) in [6, 6.07) is 2.15. The highest BCUT2D eigenvalue weighted by molar-refractivity contribution is 7.16. The molecule has 2 aromatic heterocycles. The Balaban J connectivity index is 1.65. The summed E-state index contributed by atoms with van der Waals surface area (Å²) in [6.07, 6.45) is 2.80. The zero-order valence-electron chi connectivity index (χ0n) is 15.3. The van der Waals surface area contributed by atoms with Gasteiger partial charge in [-0.3, -0.25) is 9.59 Å². The normalized spacial score (nSPS) is 12.4. The molecule has 0 unspecified atom stereocenters. The van der Waals surface area contributed by atoms with E-state index in [0.29, 0.717) is 27.4 Å². The summed E-state index contributed by atoms with van der Waals surface area (Å²) < 4.78 is 5.07. The van der Waals surface area contributed by atoms with E-state index in [-0.39, 0.29) is 11.5 Å². The summed E-state index contributed by atoms with van der Waals surface area (Å²) in [6.45, 7) is 4.31. The number of hydrogen-bond donors (Lipinski definition) is 2. The minimum absolute atomic E-state index is 0.146. The molecule has 1 aliphatic rings. The molecule has 0 spiro atoms. The van der Waals surface area contributed by atoms with Gasteiger partial charge in [-0.2, -0.15) is 5.26 Å². The lowest BCUT2D eigenvalue weighted by molar-refractivity contribution is -0.119. The van der Waals surface area contributed by atoms with E-state index in [4.69, 9.17) is 4.74 Å². The molecule has 2 N–H and O–H groups in total. The Morgan fingerprint density at radius 3 is 2.67 bits per heavy atom. The van der Waals surface area contributed by atoms with E-state index < -0.39 is 18.5 Å². The smallest absolute Gasteiger partial charge is 0.355 e. The fraction of sp³-hybridized carbons (Fsp3) is 0.368. The first-order chi connectivity index (χ1) is 12.8. The van der Waals surface area contributed by atoms with Crippen molar-refractivity contribution in [1.82, 2.24) is 4.98 Å². The van der Waals surface area contributed by atoms with E-state index in [1.165, 1.54) is 18.3 Å². The average molecular weight is 385 g/mol. The van der Waals surface area contributed by atoms with Crippen LogP contribution in [0.2, 0.25) is 0 Å². The highest BCUT2D eigenvalue weighted by Crippen LogP contribution is 2.38. The van der Waals surface area contributed by atoms with Gasteiger partial charge in [-0.25, -0.2) is 4.79 Å². The largest absolute Gasteiger partial charge is 0.451 e. The molecular formula is C19H19N3O4S. The van der Waals surface area contributed by atoms with Gasteiger partial charge in [0.15, 0.2) is 12.4 Å². The number of aromatic amines is 1. The molecule has 0 aromatic carbocycles. The zero-order chi connectivity index (χ0) is 19.7. The number of ether oxygens (including phenoxy) is 1. The Morgan fingerprint density at radius 1 is 1.30 bits per heavy atom. The number of esters is 1. The lowest BCUT2D eigenvalue weighted by Crippen LogP contribution is -2.21. The quantitative estimate of drug-likeness (QED) is 0.607. The molecule has 1 aliphatic carbocycles. The van der Waals surface area contributed by atoms with Gasteiger partial charge in [0.1, 0.15) is 16.8 Å². The number of thiophene rings is 1. The van der Waals surface area contributed by atoms with E-state index in [0.717, 1.165) is 29.7 Å². The lowest BCUT2D eigenvalue weighted by Gasteiger charge is -2.06. The average Bonchev–Trinajstić information content (AvgIpc) is 3.25. The van der Waals surface area contributed by atoms with Gasteiger partial charge in [0.2, 0.25) is 0 Å². The molecule has 0 fully saturated rings. The van der Waals surface area contributed by atoms with Crippen LogP contribution in [0.5, 0.6) is 0 Å². The van der Waals surface area contributed by atoms with Crippen molar-refractivity contribution in [3.8, 4) is 6.07 Å². The van der Waals surface area contributed by atoms with Gasteiger partial charge < -0.3 is 15.0 Å². The second kappa shape index (κ2) is 7.37. The van der Waals surface area contributed by atoms with Gasteiger partial charge in [-0.15, -0.1) is 11.3 Å². The number of Topliss-reactive ketones (excluding diaryl/α,β-unsaturated/α-hetero) is 1. The first-order valence-corrected chi connectivity index (χ1v) is 9.36. The molecule has 140 valence electrons. The highest BCUT2D eigenvalue weighted by Gasteiger charge is 2.24. The van der Waals surface area contributed by atoms with Crippen molar-refractivity contribution >= 4 is 34.0 Å². The molecule has 0 aliphatic heterocycles. The maximum Gasteiger partial charge on any atom is 0.355 e. The van der Waals surface area contributed by atoms with Crippen LogP contribution in [0.4, 0.5) is 5.00 Å². The molecule has 27 heavy (non-hydrogen) atoms. The van der Waals surface area contributed by atoms with Crippen molar-refractivity contribution in [1.29, 1.82) is 5.26 Å². The monoisotopic (exact) mass is 385 g/mol. The molecule has 3 rings (SSSR count). The van der Waals surface area contributed by atoms with E-state index in [1.807, 2.05) is 0 Å². The minimum atomic E-state index is -0.701. The molecule has 7 nitrogen and oxygen atoms in total. The van der Waals surface area contributed by atoms with Crippen LogP contribution in [-0.2, 0) is 22.4 Å². The second-order valence-electron chi connectivity index (χ2n) is 6.48. The summed E-state index contributed by atoms with van der Waals surface area (Å²) in [5, 5.41) is 12.5. The number of ketones is 1. The number of anilines is 1. The Bertz CT molecular complexity index is 994. The van der Waals surface area contributed by atoms with Crippen LogP contribution in [0.1, 0.15) is 61.5 Å². The number of carbonyl (C=O) groups is 3. The first kappa shape index (κ1) is 18.9. The molecule has 0 saturated carbocycles.